The van der Waals surface area contributed by atoms with Crippen LogP contribution < -0.4 is 0 Å². The van der Waals surface area contributed by atoms with Gasteiger partial charge in [-0.15, -0.1) is 0 Å². The number of carbonyl (C=O) groups is 1. The van der Waals surface area contributed by atoms with Crippen LogP contribution in [0.3, 0.4) is 0 Å². The monoisotopic (exact) mass is 185 g/mol. The molecule has 0 aliphatic rings. The van der Waals surface area contributed by atoms with Crippen LogP contribution in [0.5, 0.6) is 0 Å². The van der Waals surface area contributed by atoms with E-state index in [0.717, 1.165) is 12.8 Å². The second kappa shape index (κ2) is 6.14. The molecule has 0 aromatic carbocycles. The SMILES string of the molecule is CC(C)(C)CC(=O)CCCCC[O]. The van der Waals surface area contributed by atoms with Crippen molar-refractivity contribution in [3.05, 3.63) is 0 Å². The molecule has 0 aromatic rings. The Morgan fingerprint density at radius 3 is 2.15 bits per heavy atom. The van der Waals surface area contributed by atoms with E-state index in [1.807, 2.05) is 0 Å². The van der Waals surface area contributed by atoms with Crippen LogP contribution in [0.25, 0.3) is 0 Å². The molecule has 77 valence electrons. The van der Waals surface area contributed by atoms with Crippen molar-refractivity contribution in [2.24, 2.45) is 5.41 Å². The Labute approximate surface area is 81.3 Å². The molecule has 2 nitrogen and oxygen atoms in total. The summed E-state index contributed by atoms with van der Waals surface area (Å²) in [4.78, 5) is 11.3. The van der Waals surface area contributed by atoms with Gasteiger partial charge in [0.2, 0.25) is 0 Å². The lowest BCUT2D eigenvalue weighted by Crippen LogP contribution is -2.12. The summed E-state index contributed by atoms with van der Waals surface area (Å²) in [5.74, 6) is 0.332. The number of hydrogen-bond acceptors (Lipinski definition) is 1. The smallest absolute Gasteiger partial charge is 0.133 e. The van der Waals surface area contributed by atoms with E-state index in [1.165, 1.54) is 0 Å². The van der Waals surface area contributed by atoms with Crippen LogP contribution in [-0.2, 0) is 9.90 Å². The predicted molar refractivity (Wildman–Crippen MR) is 53.1 cm³/mol. The lowest BCUT2D eigenvalue weighted by Gasteiger charge is -2.16. The molecule has 0 spiro atoms. The van der Waals surface area contributed by atoms with E-state index in [-0.39, 0.29) is 12.0 Å². The van der Waals surface area contributed by atoms with E-state index in [2.05, 4.69) is 20.8 Å². The van der Waals surface area contributed by atoms with Crippen LogP contribution in [0, 0.1) is 5.41 Å². The number of carbonyl (C=O) groups excluding carboxylic acids is 1. The first-order chi connectivity index (χ1) is 5.95. The van der Waals surface area contributed by atoms with Crippen molar-refractivity contribution in [2.45, 2.75) is 52.9 Å². The maximum atomic E-state index is 11.3. The third kappa shape index (κ3) is 9.54. The van der Waals surface area contributed by atoms with Crippen molar-refractivity contribution >= 4 is 5.78 Å². The second-order valence-corrected chi connectivity index (χ2v) is 4.79. The van der Waals surface area contributed by atoms with Crippen molar-refractivity contribution in [3.63, 3.8) is 0 Å². The molecule has 0 fully saturated rings. The highest BCUT2D eigenvalue weighted by Gasteiger charge is 2.14. The number of unbranched alkanes of at least 4 members (excludes halogenated alkanes) is 2. The third-order valence-corrected chi connectivity index (χ3v) is 1.83. The minimum Gasteiger partial charge on any atom is -0.300 e. The number of hydrogen-bond donors (Lipinski definition) is 0. The van der Waals surface area contributed by atoms with Crippen LogP contribution in [0.15, 0.2) is 0 Å². The van der Waals surface area contributed by atoms with Gasteiger partial charge in [-0.3, -0.25) is 4.79 Å². The van der Waals surface area contributed by atoms with E-state index >= 15 is 0 Å². The Kier molecular flexibility index (Phi) is 5.97. The van der Waals surface area contributed by atoms with Crippen LogP contribution in [0.1, 0.15) is 52.9 Å². The van der Waals surface area contributed by atoms with Crippen LogP contribution in [-0.4, -0.2) is 12.4 Å². The van der Waals surface area contributed by atoms with Crippen LogP contribution >= 0.6 is 0 Å². The predicted octanol–water partition coefficient (Wildman–Crippen LogP) is 2.98. The molecule has 0 saturated heterocycles. The summed E-state index contributed by atoms with van der Waals surface area (Å²) in [6, 6.07) is 0. The van der Waals surface area contributed by atoms with Gasteiger partial charge in [0.05, 0.1) is 6.61 Å². The molecule has 0 heterocycles. The fourth-order valence-electron chi connectivity index (χ4n) is 1.28. The first-order valence-corrected chi connectivity index (χ1v) is 5.05. The molecular formula is C11H21O2. The van der Waals surface area contributed by atoms with Crippen molar-refractivity contribution < 1.29 is 9.90 Å². The lowest BCUT2D eigenvalue weighted by molar-refractivity contribution is -0.120. The minimum atomic E-state index is -0.00649. The normalized spacial score (nSPS) is 11.7. The Balaban J connectivity index is 3.41. The minimum absolute atomic E-state index is 0.00649. The molecular weight excluding hydrogens is 164 g/mol. The van der Waals surface area contributed by atoms with E-state index in [9.17, 15) is 9.90 Å². The van der Waals surface area contributed by atoms with Gasteiger partial charge in [0, 0.05) is 12.8 Å². The van der Waals surface area contributed by atoms with Crippen LogP contribution in [0.2, 0.25) is 0 Å². The topological polar surface area (TPSA) is 37.0 Å². The fourth-order valence-corrected chi connectivity index (χ4v) is 1.28. The Morgan fingerprint density at radius 1 is 1.08 bits per heavy atom. The summed E-state index contributed by atoms with van der Waals surface area (Å²) in [5.41, 5.74) is 0.107. The van der Waals surface area contributed by atoms with E-state index in [1.54, 1.807) is 0 Å². The van der Waals surface area contributed by atoms with Gasteiger partial charge < -0.3 is 0 Å². The molecule has 0 bridgehead atoms. The summed E-state index contributed by atoms with van der Waals surface area (Å²) in [6.07, 6.45) is 3.81. The van der Waals surface area contributed by atoms with Gasteiger partial charge in [-0.25, -0.2) is 5.11 Å². The third-order valence-electron chi connectivity index (χ3n) is 1.83. The van der Waals surface area contributed by atoms with Crippen LogP contribution in [0.4, 0.5) is 0 Å². The molecule has 13 heavy (non-hydrogen) atoms. The molecule has 0 unspecified atom stereocenters. The zero-order valence-electron chi connectivity index (χ0n) is 9.06. The van der Waals surface area contributed by atoms with Crippen molar-refractivity contribution in [2.75, 3.05) is 6.61 Å². The molecule has 0 saturated carbocycles. The maximum absolute atomic E-state index is 11.3. The summed E-state index contributed by atoms with van der Waals surface area (Å²) < 4.78 is 0. The van der Waals surface area contributed by atoms with Gasteiger partial charge in [-0.2, -0.15) is 0 Å². The molecule has 0 N–H and O–H groups in total. The van der Waals surface area contributed by atoms with Gasteiger partial charge >= 0.3 is 0 Å². The highest BCUT2D eigenvalue weighted by molar-refractivity contribution is 5.78. The molecule has 0 aromatic heterocycles. The van der Waals surface area contributed by atoms with E-state index < -0.39 is 0 Å². The van der Waals surface area contributed by atoms with Gasteiger partial charge in [0.15, 0.2) is 0 Å². The summed E-state index contributed by atoms with van der Waals surface area (Å²) >= 11 is 0. The van der Waals surface area contributed by atoms with Crippen molar-refractivity contribution in [3.8, 4) is 0 Å². The average Bonchev–Trinajstić information content (AvgIpc) is 1.94. The van der Waals surface area contributed by atoms with Gasteiger partial charge in [0.25, 0.3) is 0 Å². The summed E-state index contributed by atoms with van der Waals surface area (Å²) in [6.45, 7) is 6.21. The summed E-state index contributed by atoms with van der Waals surface area (Å²) in [5, 5.41) is 10.1. The fraction of sp³-hybridized carbons (Fsp3) is 0.909. The standard InChI is InChI=1S/C11H21O2/c1-11(2,3)9-10(13)7-5-4-6-8-12/h4-9H2,1-3H3. The zero-order chi connectivity index (χ0) is 10.3. The maximum Gasteiger partial charge on any atom is 0.133 e. The molecule has 0 aliphatic carbocycles. The second-order valence-electron chi connectivity index (χ2n) is 4.79. The Hall–Kier alpha value is -0.370. The van der Waals surface area contributed by atoms with Gasteiger partial charge in [-0.1, -0.05) is 27.2 Å². The first-order valence-electron chi connectivity index (χ1n) is 5.05. The highest BCUT2D eigenvalue weighted by Crippen LogP contribution is 2.20. The summed E-state index contributed by atoms with van der Waals surface area (Å²) in [7, 11) is 0. The van der Waals surface area contributed by atoms with Gasteiger partial charge in [0.1, 0.15) is 5.78 Å². The lowest BCUT2D eigenvalue weighted by atomic mass is 9.88. The largest absolute Gasteiger partial charge is 0.300 e. The molecule has 0 atom stereocenters. The van der Waals surface area contributed by atoms with E-state index in [4.69, 9.17) is 0 Å². The molecule has 0 amide bonds. The average molecular weight is 185 g/mol. The van der Waals surface area contributed by atoms with Gasteiger partial charge in [-0.05, 0) is 18.3 Å². The zero-order valence-corrected chi connectivity index (χ0v) is 9.06. The number of Topliss-reactive ketones (excluding diaryl/α,β-unsaturated/α-hetero) is 1. The quantitative estimate of drug-likeness (QED) is 0.586. The van der Waals surface area contributed by atoms with Crippen molar-refractivity contribution in [1.29, 1.82) is 0 Å². The highest BCUT2D eigenvalue weighted by atomic mass is 16.2. The molecule has 2 heteroatoms. The molecule has 1 radical (unpaired) electrons. The molecule has 0 rings (SSSR count). The van der Waals surface area contributed by atoms with E-state index in [0.29, 0.717) is 25.0 Å². The first kappa shape index (κ1) is 12.6. The number of rotatable bonds is 6. The Bertz CT molecular complexity index is 145. The Morgan fingerprint density at radius 2 is 1.69 bits per heavy atom. The molecule has 0 aliphatic heterocycles. The van der Waals surface area contributed by atoms with Crippen molar-refractivity contribution in [1.82, 2.24) is 0 Å². The number of ketones is 1.